The summed E-state index contributed by atoms with van der Waals surface area (Å²) >= 11 is 13.1. The van der Waals surface area contributed by atoms with Crippen molar-refractivity contribution >= 4 is 57.5 Å². The number of hydrogen-bond donors (Lipinski definition) is 4. The zero-order valence-corrected chi connectivity index (χ0v) is 21.9. The number of aryl methyl sites for hydroxylation is 1. The van der Waals surface area contributed by atoms with Gasteiger partial charge >= 0.3 is 5.97 Å². The van der Waals surface area contributed by atoms with E-state index in [1.807, 2.05) is 4.90 Å². The smallest absolute Gasteiger partial charge is 0.348 e. The van der Waals surface area contributed by atoms with E-state index < -0.39 is 23.9 Å². The van der Waals surface area contributed by atoms with Crippen LogP contribution in [0.5, 0.6) is 0 Å². The predicted octanol–water partition coefficient (Wildman–Crippen LogP) is 2.57. The Morgan fingerprint density at radius 2 is 2.00 bits per heavy atom. The second-order valence-electron chi connectivity index (χ2n) is 8.08. The number of piperidine rings is 1. The summed E-state index contributed by atoms with van der Waals surface area (Å²) in [4.78, 5) is 46.0. The summed E-state index contributed by atoms with van der Waals surface area (Å²) in [7, 11) is 3.04. The first-order chi connectivity index (χ1) is 16.6. The third-order valence-corrected chi connectivity index (χ3v) is 7.76. The molecular formula is C21H27Cl2N5O6S. The van der Waals surface area contributed by atoms with Crippen molar-refractivity contribution in [2.24, 2.45) is 0 Å². The maximum atomic E-state index is 12.8. The molecule has 1 aliphatic rings. The molecule has 14 heteroatoms. The maximum Gasteiger partial charge on any atom is 0.348 e. The van der Waals surface area contributed by atoms with Gasteiger partial charge in [0.25, 0.3) is 11.8 Å². The highest BCUT2D eigenvalue weighted by Crippen LogP contribution is 2.31. The average molecular weight is 548 g/mol. The Kier molecular flexibility index (Phi) is 9.00. The molecule has 0 aromatic carbocycles. The number of amides is 2. The minimum atomic E-state index is -1.24. The number of carboxylic acid groups (broad SMARTS) is 1. The number of carbonyl (C=O) groups excluding carboxylic acids is 2. The van der Waals surface area contributed by atoms with Crippen molar-refractivity contribution in [1.29, 1.82) is 0 Å². The molecule has 0 aliphatic carbocycles. The van der Waals surface area contributed by atoms with Gasteiger partial charge in [0.05, 0.1) is 28.3 Å². The summed E-state index contributed by atoms with van der Waals surface area (Å²) in [5.41, 5.74) is 0.615. The molecule has 35 heavy (non-hydrogen) atoms. The van der Waals surface area contributed by atoms with Gasteiger partial charge in [0.15, 0.2) is 10.8 Å². The van der Waals surface area contributed by atoms with Crippen molar-refractivity contribution in [1.82, 2.24) is 20.6 Å². The lowest BCUT2D eigenvalue weighted by Crippen LogP contribution is -2.55. The molecule has 2 amide bonds. The quantitative estimate of drug-likeness (QED) is 0.374. The monoisotopic (exact) mass is 547 g/mol. The van der Waals surface area contributed by atoms with Crippen LogP contribution in [-0.4, -0.2) is 85.0 Å². The lowest BCUT2D eigenvalue weighted by Gasteiger charge is -2.37. The first-order valence-corrected chi connectivity index (χ1v) is 12.3. The zero-order chi connectivity index (χ0) is 25.9. The lowest BCUT2D eigenvalue weighted by molar-refractivity contribution is 0.0540. The summed E-state index contributed by atoms with van der Waals surface area (Å²) in [6.45, 7) is 4.49. The molecule has 1 fully saturated rings. The van der Waals surface area contributed by atoms with E-state index >= 15 is 0 Å². The van der Waals surface area contributed by atoms with Crippen molar-refractivity contribution in [2.75, 3.05) is 38.8 Å². The minimum Gasteiger partial charge on any atom is -0.477 e. The predicted molar refractivity (Wildman–Crippen MR) is 132 cm³/mol. The number of carboxylic acids is 1. The van der Waals surface area contributed by atoms with Gasteiger partial charge in [-0.15, -0.1) is 0 Å². The molecule has 3 rings (SSSR count). The van der Waals surface area contributed by atoms with E-state index in [9.17, 15) is 19.5 Å². The fourth-order valence-electron chi connectivity index (χ4n) is 3.61. The molecule has 0 saturated carbocycles. The summed E-state index contributed by atoms with van der Waals surface area (Å²) in [5.74, 6) is -2.23. The van der Waals surface area contributed by atoms with Crippen LogP contribution in [0.3, 0.4) is 0 Å². The largest absolute Gasteiger partial charge is 0.477 e. The van der Waals surface area contributed by atoms with E-state index in [0.717, 1.165) is 11.3 Å². The summed E-state index contributed by atoms with van der Waals surface area (Å²) in [6, 6.07) is -0.334. The number of thiazole rings is 1. The number of rotatable bonds is 9. The standard InChI is InChI=1S/C21H27Cl2N5O6S/c1-9(33-3)7-24-18(29)16-17(20(31)32)35-21(27-16)28-6-5-11(12(8-28)34-4)26-19(30)15-14(23)13(22)10(2)25-15/h9,11-12,25H,5-8H2,1-4H3,(H,24,29)(H,26,30)(H,31,32)/t9-,11-,12+/m1/s1. The van der Waals surface area contributed by atoms with Crippen LogP contribution < -0.4 is 15.5 Å². The molecule has 0 radical (unpaired) electrons. The second-order valence-corrected chi connectivity index (χ2v) is 9.81. The topological polar surface area (TPSA) is 146 Å². The number of hydrogen-bond acceptors (Lipinski definition) is 8. The number of nitrogens with one attached hydrogen (secondary N) is 3. The van der Waals surface area contributed by atoms with Crippen LogP contribution in [0, 0.1) is 6.92 Å². The molecule has 11 nitrogen and oxygen atoms in total. The molecule has 2 aromatic rings. The van der Waals surface area contributed by atoms with Gasteiger partial charge in [0.2, 0.25) is 0 Å². The number of anilines is 1. The fraction of sp³-hybridized carbons (Fsp3) is 0.524. The lowest BCUT2D eigenvalue weighted by atomic mass is 10.0. The fourth-order valence-corrected chi connectivity index (χ4v) is 4.96. The van der Waals surface area contributed by atoms with Crippen molar-refractivity contribution in [3.05, 3.63) is 32.0 Å². The molecule has 192 valence electrons. The summed E-state index contributed by atoms with van der Waals surface area (Å²) in [6.07, 6.45) is -0.165. The third kappa shape index (κ3) is 6.07. The molecule has 1 saturated heterocycles. The highest BCUT2D eigenvalue weighted by atomic mass is 35.5. The number of methoxy groups -OCH3 is 2. The maximum absolute atomic E-state index is 12.8. The number of aromatic nitrogens is 2. The molecule has 3 heterocycles. The van der Waals surface area contributed by atoms with Gasteiger partial charge in [-0.3, -0.25) is 9.59 Å². The Balaban J connectivity index is 1.72. The van der Waals surface area contributed by atoms with Crippen LogP contribution in [0.4, 0.5) is 5.13 Å². The summed E-state index contributed by atoms with van der Waals surface area (Å²) < 4.78 is 10.7. The van der Waals surface area contributed by atoms with Crippen LogP contribution in [0.2, 0.25) is 10.0 Å². The van der Waals surface area contributed by atoms with E-state index in [0.29, 0.717) is 35.4 Å². The molecule has 1 aliphatic heterocycles. The summed E-state index contributed by atoms with van der Waals surface area (Å²) in [5, 5.41) is 16.0. The first-order valence-electron chi connectivity index (χ1n) is 10.7. The Morgan fingerprint density at radius 1 is 1.29 bits per heavy atom. The van der Waals surface area contributed by atoms with Crippen LogP contribution in [0.25, 0.3) is 0 Å². The SMILES string of the molecule is CO[C@H](C)CNC(=O)c1nc(N2CC[C@@H](NC(=O)c3[nH]c(C)c(Cl)c3Cl)[C@@H](OC)C2)sc1C(=O)O. The van der Waals surface area contributed by atoms with E-state index in [1.54, 1.807) is 13.8 Å². The van der Waals surface area contributed by atoms with Crippen molar-refractivity contribution in [3.8, 4) is 0 Å². The van der Waals surface area contributed by atoms with Crippen LogP contribution in [0.15, 0.2) is 0 Å². The molecule has 0 bridgehead atoms. The van der Waals surface area contributed by atoms with Gasteiger partial charge < -0.3 is 35.1 Å². The van der Waals surface area contributed by atoms with Gasteiger partial charge in [-0.25, -0.2) is 9.78 Å². The second kappa shape index (κ2) is 11.6. The van der Waals surface area contributed by atoms with Crippen molar-refractivity contribution < 1.29 is 29.0 Å². The number of nitrogens with zero attached hydrogens (tertiary/aromatic N) is 2. The Bertz CT molecular complexity index is 1110. The molecule has 4 N–H and O–H groups in total. The number of halogens is 2. The minimum absolute atomic E-state index is 0.152. The van der Waals surface area contributed by atoms with Crippen LogP contribution >= 0.6 is 34.5 Å². The van der Waals surface area contributed by atoms with Crippen molar-refractivity contribution in [3.63, 3.8) is 0 Å². The average Bonchev–Trinajstić information content (AvgIpc) is 3.40. The number of carbonyl (C=O) groups is 3. The zero-order valence-electron chi connectivity index (χ0n) is 19.6. The van der Waals surface area contributed by atoms with E-state index in [-0.39, 0.29) is 40.0 Å². The number of aromatic carboxylic acids is 1. The van der Waals surface area contributed by atoms with Gasteiger partial charge in [0.1, 0.15) is 10.6 Å². The molecule has 0 unspecified atom stereocenters. The van der Waals surface area contributed by atoms with Gasteiger partial charge in [0, 0.05) is 39.5 Å². The highest BCUT2D eigenvalue weighted by molar-refractivity contribution is 7.17. The molecule has 3 atom stereocenters. The van der Waals surface area contributed by atoms with E-state index in [1.165, 1.54) is 14.2 Å². The van der Waals surface area contributed by atoms with Crippen LogP contribution in [0.1, 0.15) is 49.7 Å². The Morgan fingerprint density at radius 3 is 2.57 bits per heavy atom. The van der Waals surface area contributed by atoms with E-state index in [4.69, 9.17) is 32.7 Å². The normalized spacial score (nSPS) is 18.9. The first kappa shape index (κ1) is 27.2. The third-order valence-electron chi connectivity index (χ3n) is 5.71. The van der Waals surface area contributed by atoms with Crippen molar-refractivity contribution in [2.45, 2.75) is 38.5 Å². The van der Waals surface area contributed by atoms with Crippen LogP contribution in [-0.2, 0) is 9.47 Å². The highest BCUT2D eigenvalue weighted by Gasteiger charge is 2.34. The number of aromatic amines is 1. The number of H-pyrrole nitrogens is 1. The molecule has 2 aromatic heterocycles. The van der Waals surface area contributed by atoms with Gasteiger partial charge in [-0.1, -0.05) is 34.5 Å². The molecule has 0 spiro atoms. The number of ether oxygens (including phenoxy) is 2. The van der Waals surface area contributed by atoms with Gasteiger partial charge in [-0.2, -0.15) is 0 Å². The Hall–Kier alpha value is -2.38. The molecular weight excluding hydrogens is 521 g/mol. The Labute approximate surface area is 216 Å². The van der Waals surface area contributed by atoms with Gasteiger partial charge in [-0.05, 0) is 20.3 Å². The van der Waals surface area contributed by atoms with E-state index in [2.05, 4.69) is 20.6 Å².